The van der Waals surface area contributed by atoms with Crippen molar-refractivity contribution in [2.45, 2.75) is 38.3 Å². The third-order valence-corrected chi connectivity index (χ3v) is 3.35. The number of likely N-dealkylation sites (tertiary alicyclic amines) is 1. The van der Waals surface area contributed by atoms with E-state index in [-0.39, 0.29) is 6.04 Å². The largest absolute Gasteiger partial charge is 0.480 e. The molecule has 2 rings (SSSR count). The van der Waals surface area contributed by atoms with Crippen LogP contribution < -0.4 is 0 Å². The van der Waals surface area contributed by atoms with E-state index < -0.39 is 5.97 Å². The maximum Gasteiger partial charge on any atom is 0.320 e. The van der Waals surface area contributed by atoms with Crippen molar-refractivity contribution >= 4 is 5.97 Å². The average Bonchev–Trinajstić information content (AvgIpc) is 2.70. The van der Waals surface area contributed by atoms with E-state index in [1.165, 1.54) is 0 Å². The van der Waals surface area contributed by atoms with Crippen LogP contribution in [0.5, 0.6) is 0 Å². The van der Waals surface area contributed by atoms with E-state index in [0.29, 0.717) is 0 Å². The minimum absolute atomic E-state index is 0.305. The second-order valence-corrected chi connectivity index (χ2v) is 4.54. The number of rotatable bonds is 4. The Bertz CT molecular complexity index is 351. The number of hydrogen-bond donors (Lipinski definition) is 1. The molecule has 0 radical (unpaired) electrons. The van der Waals surface area contributed by atoms with Crippen molar-refractivity contribution in [1.29, 1.82) is 0 Å². The van der Waals surface area contributed by atoms with E-state index in [2.05, 4.69) is 9.88 Å². The first kappa shape index (κ1) is 12.1. The van der Waals surface area contributed by atoms with E-state index in [9.17, 15) is 9.90 Å². The van der Waals surface area contributed by atoms with E-state index in [0.717, 1.165) is 45.3 Å². The van der Waals surface area contributed by atoms with Gasteiger partial charge in [-0.2, -0.15) is 0 Å². The molecule has 0 saturated carbocycles. The fourth-order valence-electron chi connectivity index (χ4n) is 2.38. The predicted octanol–water partition coefficient (Wildman–Crippen LogP) is 1.21. The molecule has 1 saturated heterocycles. The van der Waals surface area contributed by atoms with Crippen molar-refractivity contribution in [3.63, 3.8) is 0 Å². The van der Waals surface area contributed by atoms with Crippen LogP contribution in [0.3, 0.4) is 0 Å². The molecule has 0 aliphatic carbocycles. The van der Waals surface area contributed by atoms with Crippen LogP contribution in [-0.2, 0) is 11.3 Å². The van der Waals surface area contributed by atoms with Gasteiger partial charge in [0.05, 0.1) is 6.33 Å². The summed E-state index contributed by atoms with van der Waals surface area (Å²) in [6.45, 7) is 2.49. The third-order valence-electron chi connectivity index (χ3n) is 3.35. The Morgan fingerprint density at radius 2 is 2.24 bits per heavy atom. The summed E-state index contributed by atoms with van der Waals surface area (Å²) in [6, 6.07) is -0.305. The number of carboxylic acid groups (broad SMARTS) is 1. The van der Waals surface area contributed by atoms with Crippen molar-refractivity contribution in [2.24, 2.45) is 0 Å². The number of aliphatic carboxylic acids is 1. The van der Waals surface area contributed by atoms with Gasteiger partial charge in [-0.25, -0.2) is 4.98 Å². The molecular weight excluding hydrogens is 218 g/mol. The van der Waals surface area contributed by atoms with Crippen LogP contribution in [0.15, 0.2) is 18.7 Å². The number of nitrogens with zero attached hydrogens (tertiary/aromatic N) is 3. The molecule has 0 bridgehead atoms. The van der Waals surface area contributed by atoms with Crippen LogP contribution in [0.1, 0.15) is 25.7 Å². The molecule has 17 heavy (non-hydrogen) atoms. The second kappa shape index (κ2) is 5.82. The van der Waals surface area contributed by atoms with Gasteiger partial charge < -0.3 is 9.67 Å². The quantitative estimate of drug-likeness (QED) is 0.855. The summed E-state index contributed by atoms with van der Waals surface area (Å²) in [4.78, 5) is 17.3. The first-order valence-electron chi connectivity index (χ1n) is 6.20. The first-order valence-corrected chi connectivity index (χ1v) is 6.20. The van der Waals surface area contributed by atoms with E-state index in [4.69, 9.17) is 0 Å². The molecule has 0 spiro atoms. The molecule has 94 valence electrons. The lowest BCUT2D eigenvalue weighted by molar-refractivity contribution is -0.143. The number of hydrogen-bond acceptors (Lipinski definition) is 3. The van der Waals surface area contributed by atoms with Crippen molar-refractivity contribution in [3.8, 4) is 0 Å². The predicted molar refractivity (Wildman–Crippen MR) is 63.7 cm³/mol. The monoisotopic (exact) mass is 237 g/mol. The Kier molecular flexibility index (Phi) is 4.14. The maximum atomic E-state index is 11.2. The highest BCUT2D eigenvalue weighted by atomic mass is 16.4. The van der Waals surface area contributed by atoms with Crippen molar-refractivity contribution < 1.29 is 9.90 Å². The van der Waals surface area contributed by atoms with Crippen LogP contribution in [0.2, 0.25) is 0 Å². The molecule has 1 atom stereocenters. The molecule has 1 aromatic rings. The number of aromatic nitrogens is 2. The summed E-state index contributed by atoms with van der Waals surface area (Å²) in [5, 5.41) is 9.23. The smallest absolute Gasteiger partial charge is 0.320 e. The van der Waals surface area contributed by atoms with Crippen LogP contribution in [0.4, 0.5) is 0 Å². The maximum absolute atomic E-state index is 11.2. The summed E-state index contributed by atoms with van der Waals surface area (Å²) < 4.78 is 1.99. The lowest BCUT2D eigenvalue weighted by Crippen LogP contribution is -2.42. The molecule has 1 unspecified atom stereocenters. The summed E-state index contributed by atoms with van der Waals surface area (Å²) in [5.74, 6) is -0.683. The highest BCUT2D eigenvalue weighted by molar-refractivity contribution is 5.73. The van der Waals surface area contributed by atoms with E-state index >= 15 is 0 Å². The van der Waals surface area contributed by atoms with Crippen molar-refractivity contribution in [1.82, 2.24) is 14.5 Å². The molecule has 0 amide bonds. The zero-order valence-corrected chi connectivity index (χ0v) is 9.96. The first-order chi connectivity index (χ1) is 8.27. The minimum atomic E-state index is -0.683. The Hall–Kier alpha value is -1.36. The Morgan fingerprint density at radius 3 is 2.94 bits per heavy atom. The van der Waals surface area contributed by atoms with E-state index in [1.807, 2.05) is 10.8 Å². The Balaban J connectivity index is 1.93. The normalized spacial score (nSPS) is 22.2. The zero-order valence-electron chi connectivity index (χ0n) is 9.96. The van der Waals surface area contributed by atoms with Crippen LogP contribution >= 0.6 is 0 Å². The van der Waals surface area contributed by atoms with Gasteiger partial charge >= 0.3 is 5.97 Å². The minimum Gasteiger partial charge on any atom is -0.480 e. The summed E-state index contributed by atoms with van der Waals surface area (Å²) in [6.07, 6.45) is 9.48. The van der Waals surface area contributed by atoms with Gasteiger partial charge in [0, 0.05) is 25.5 Å². The summed E-state index contributed by atoms with van der Waals surface area (Å²) in [5.41, 5.74) is 0. The molecule has 1 fully saturated rings. The molecule has 1 aliphatic heterocycles. The SMILES string of the molecule is O=C(O)C1CCCCCN1CCn1ccnc1. The molecule has 2 heterocycles. The van der Waals surface area contributed by atoms with Gasteiger partial charge in [0.25, 0.3) is 0 Å². The van der Waals surface area contributed by atoms with Gasteiger partial charge in [-0.15, -0.1) is 0 Å². The molecule has 5 nitrogen and oxygen atoms in total. The number of carbonyl (C=O) groups is 1. The highest BCUT2D eigenvalue weighted by Gasteiger charge is 2.26. The van der Waals surface area contributed by atoms with Crippen molar-refractivity contribution in [3.05, 3.63) is 18.7 Å². The van der Waals surface area contributed by atoms with Gasteiger partial charge in [0.2, 0.25) is 0 Å². The number of carboxylic acids is 1. The van der Waals surface area contributed by atoms with Gasteiger partial charge in [-0.3, -0.25) is 9.69 Å². The third kappa shape index (κ3) is 3.30. The molecule has 5 heteroatoms. The van der Waals surface area contributed by atoms with Gasteiger partial charge in [0.15, 0.2) is 0 Å². The number of imidazole rings is 1. The summed E-state index contributed by atoms with van der Waals surface area (Å²) in [7, 11) is 0. The zero-order chi connectivity index (χ0) is 12.1. The second-order valence-electron chi connectivity index (χ2n) is 4.54. The van der Waals surface area contributed by atoms with Crippen LogP contribution in [0, 0.1) is 0 Å². The molecule has 0 aromatic carbocycles. The molecular formula is C12H19N3O2. The standard InChI is InChI=1S/C12H19N3O2/c16-12(17)11-4-2-1-3-6-15(11)9-8-14-7-5-13-10-14/h5,7,10-11H,1-4,6,8-9H2,(H,16,17). The summed E-state index contributed by atoms with van der Waals surface area (Å²) >= 11 is 0. The van der Waals surface area contributed by atoms with Crippen molar-refractivity contribution in [2.75, 3.05) is 13.1 Å². The fraction of sp³-hybridized carbons (Fsp3) is 0.667. The van der Waals surface area contributed by atoms with E-state index in [1.54, 1.807) is 12.5 Å². The molecule has 1 aliphatic rings. The molecule has 1 aromatic heterocycles. The van der Waals surface area contributed by atoms with Crippen LogP contribution in [0.25, 0.3) is 0 Å². The fourth-order valence-corrected chi connectivity index (χ4v) is 2.38. The van der Waals surface area contributed by atoms with Crippen LogP contribution in [-0.4, -0.2) is 44.7 Å². The topological polar surface area (TPSA) is 58.4 Å². The Morgan fingerprint density at radius 1 is 1.35 bits per heavy atom. The highest BCUT2D eigenvalue weighted by Crippen LogP contribution is 2.16. The average molecular weight is 237 g/mol. The van der Waals surface area contributed by atoms with Gasteiger partial charge in [0.1, 0.15) is 6.04 Å². The lowest BCUT2D eigenvalue weighted by Gasteiger charge is -2.26. The van der Waals surface area contributed by atoms with Gasteiger partial charge in [-0.1, -0.05) is 12.8 Å². The Labute approximate surface area is 101 Å². The van der Waals surface area contributed by atoms with Gasteiger partial charge in [-0.05, 0) is 19.4 Å². The molecule has 1 N–H and O–H groups in total. The lowest BCUT2D eigenvalue weighted by atomic mass is 10.1.